The number of halogens is 2. The molecule has 0 radical (unpaired) electrons. The Kier molecular flexibility index (Phi) is 7.40. The van der Waals surface area contributed by atoms with E-state index >= 15 is 0 Å². The average molecular weight is 421 g/mol. The van der Waals surface area contributed by atoms with E-state index in [4.69, 9.17) is 25.8 Å². The normalized spacial score (nSPS) is 10.9. The highest BCUT2D eigenvalue weighted by molar-refractivity contribution is 6.31. The van der Waals surface area contributed by atoms with Crippen molar-refractivity contribution in [3.8, 4) is 11.5 Å². The van der Waals surface area contributed by atoms with E-state index in [1.165, 1.54) is 18.5 Å². The Bertz CT molecular complexity index is 974. The fourth-order valence-corrected chi connectivity index (χ4v) is 2.81. The van der Waals surface area contributed by atoms with Gasteiger partial charge in [-0.15, -0.1) is 0 Å². The molecule has 1 aromatic heterocycles. The molecule has 3 aromatic rings. The summed E-state index contributed by atoms with van der Waals surface area (Å²) >= 11 is 5.86. The van der Waals surface area contributed by atoms with Crippen molar-refractivity contribution in [2.75, 3.05) is 45.8 Å². The number of hydrogen-bond acceptors (Lipinski definition) is 7. The molecule has 2 N–H and O–H groups in total. The van der Waals surface area contributed by atoms with Crippen molar-refractivity contribution in [1.29, 1.82) is 0 Å². The molecule has 7 nitrogen and oxygen atoms in total. The SMILES string of the molecule is CNCCOCCOc1cc2ncnc(Nc3ccc(F)c(Cl)c3)c2cc1OC. The first-order valence-electron chi connectivity index (χ1n) is 9.02. The monoisotopic (exact) mass is 420 g/mol. The van der Waals surface area contributed by atoms with Crippen LogP contribution in [0.4, 0.5) is 15.9 Å². The highest BCUT2D eigenvalue weighted by Gasteiger charge is 2.12. The standard InChI is InChI=1S/C20H22ClFN4O3/c1-23-5-6-28-7-8-29-19-11-17-14(10-18(19)27-2)20(25-12-24-17)26-13-3-4-16(22)15(21)9-13/h3-4,9-12,23H,5-8H2,1-2H3,(H,24,25,26). The maximum Gasteiger partial charge on any atom is 0.163 e. The Hall–Kier alpha value is -2.68. The van der Waals surface area contributed by atoms with Gasteiger partial charge in [0.1, 0.15) is 24.6 Å². The first kappa shape index (κ1) is 21.0. The second-order valence-electron chi connectivity index (χ2n) is 6.06. The van der Waals surface area contributed by atoms with Crippen LogP contribution in [0, 0.1) is 5.82 Å². The fraction of sp³-hybridized carbons (Fsp3) is 0.300. The van der Waals surface area contributed by atoms with Crippen molar-refractivity contribution in [3.05, 3.63) is 47.5 Å². The number of methoxy groups -OCH3 is 1. The first-order chi connectivity index (χ1) is 14.1. The molecule has 3 rings (SSSR count). The predicted octanol–water partition coefficient (Wildman–Crippen LogP) is 3.79. The van der Waals surface area contributed by atoms with Crippen LogP contribution < -0.4 is 20.1 Å². The van der Waals surface area contributed by atoms with Gasteiger partial charge in [-0.1, -0.05) is 11.6 Å². The molecule has 0 aliphatic heterocycles. The molecule has 1 heterocycles. The summed E-state index contributed by atoms with van der Waals surface area (Å²) in [6.07, 6.45) is 1.44. The first-order valence-corrected chi connectivity index (χ1v) is 9.40. The van der Waals surface area contributed by atoms with E-state index in [2.05, 4.69) is 20.6 Å². The predicted molar refractivity (Wildman–Crippen MR) is 111 cm³/mol. The van der Waals surface area contributed by atoms with Crippen LogP contribution in [-0.4, -0.2) is 50.5 Å². The van der Waals surface area contributed by atoms with Gasteiger partial charge in [0.25, 0.3) is 0 Å². The largest absolute Gasteiger partial charge is 0.493 e. The molecule has 2 aromatic carbocycles. The number of nitrogens with zero attached hydrogens (tertiary/aromatic N) is 2. The Morgan fingerprint density at radius 3 is 2.69 bits per heavy atom. The van der Waals surface area contributed by atoms with Crippen LogP contribution in [0.25, 0.3) is 10.9 Å². The molecule has 0 amide bonds. The summed E-state index contributed by atoms with van der Waals surface area (Å²) < 4.78 is 30.1. The van der Waals surface area contributed by atoms with Crippen molar-refractivity contribution in [1.82, 2.24) is 15.3 Å². The van der Waals surface area contributed by atoms with Gasteiger partial charge in [-0.05, 0) is 31.3 Å². The molecule has 0 spiro atoms. The van der Waals surface area contributed by atoms with E-state index in [0.717, 1.165) is 11.9 Å². The molecule has 0 saturated carbocycles. The molecule has 0 aliphatic carbocycles. The van der Waals surface area contributed by atoms with Gasteiger partial charge in [0.2, 0.25) is 0 Å². The van der Waals surface area contributed by atoms with Gasteiger partial charge in [0.05, 0.1) is 30.9 Å². The van der Waals surface area contributed by atoms with Crippen LogP contribution in [0.1, 0.15) is 0 Å². The second-order valence-corrected chi connectivity index (χ2v) is 6.47. The zero-order valence-corrected chi connectivity index (χ0v) is 16.9. The van der Waals surface area contributed by atoms with E-state index in [-0.39, 0.29) is 5.02 Å². The molecule has 154 valence electrons. The van der Waals surface area contributed by atoms with E-state index in [1.54, 1.807) is 25.3 Å². The summed E-state index contributed by atoms with van der Waals surface area (Å²) in [4.78, 5) is 8.59. The lowest BCUT2D eigenvalue weighted by atomic mass is 10.2. The summed E-state index contributed by atoms with van der Waals surface area (Å²) in [5.41, 5.74) is 1.28. The van der Waals surface area contributed by atoms with Gasteiger partial charge in [0.15, 0.2) is 11.5 Å². The van der Waals surface area contributed by atoms with Crippen LogP contribution >= 0.6 is 11.6 Å². The van der Waals surface area contributed by atoms with Crippen molar-refractivity contribution in [2.45, 2.75) is 0 Å². The van der Waals surface area contributed by atoms with Crippen LogP contribution in [0.3, 0.4) is 0 Å². The molecule has 0 unspecified atom stereocenters. The zero-order chi connectivity index (χ0) is 20.6. The topological polar surface area (TPSA) is 77.5 Å². The van der Waals surface area contributed by atoms with Crippen molar-refractivity contribution in [3.63, 3.8) is 0 Å². The lowest BCUT2D eigenvalue weighted by molar-refractivity contribution is 0.102. The number of likely N-dealkylation sites (N-methyl/N-ethyl adjacent to an activating group) is 1. The molecule has 0 saturated heterocycles. The minimum absolute atomic E-state index is 0.0264. The third kappa shape index (κ3) is 5.44. The molecule has 29 heavy (non-hydrogen) atoms. The Morgan fingerprint density at radius 1 is 1.07 bits per heavy atom. The number of hydrogen-bond donors (Lipinski definition) is 2. The Labute approximate surface area is 173 Å². The smallest absolute Gasteiger partial charge is 0.163 e. The van der Waals surface area contributed by atoms with Crippen LogP contribution in [-0.2, 0) is 4.74 Å². The third-order valence-corrected chi connectivity index (χ3v) is 4.37. The zero-order valence-electron chi connectivity index (χ0n) is 16.2. The summed E-state index contributed by atoms with van der Waals surface area (Å²) in [6, 6.07) is 7.94. The highest BCUT2D eigenvalue weighted by atomic mass is 35.5. The Morgan fingerprint density at radius 2 is 1.93 bits per heavy atom. The molecule has 0 atom stereocenters. The number of benzene rings is 2. The maximum absolute atomic E-state index is 13.4. The summed E-state index contributed by atoms with van der Waals surface area (Å²) in [7, 11) is 3.43. The van der Waals surface area contributed by atoms with Crippen LogP contribution in [0.15, 0.2) is 36.7 Å². The summed E-state index contributed by atoms with van der Waals surface area (Å²) in [5.74, 6) is 1.16. The minimum atomic E-state index is -0.483. The number of rotatable bonds is 10. The van der Waals surface area contributed by atoms with Gasteiger partial charge < -0.3 is 24.8 Å². The van der Waals surface area contributed by atoms with Crippen molar-refractivity contribution >= 4 is 34.0 Å². The molecular formula is C20H22ClFN4O3. The average Bonchev–Trinajstić information content (AvgIpc) is 2.73. The molecular weight excluding hydrogens is 399 g/mol. The number of anilines is 2. The summed E-state index contributed by atoms with van der Waals surface area (Å²) in [5, 5.41) is 6.90. The number of nitrogens with one attached hydrogen (secondary N) is 2. The lowest BCUT2D eigenvalue weighted by Gasteiger charge is -2.14. The second kappa shape index (κ2) is 10.2. The molecule has 0 bridgehead atoms. The van der Waals surface area contributed by atoms with Gasteiger partial charge in [-0.25, -0.2) is 14.4 Å². The van der Waals surface area contributed by atoms with Crippen molar-refractivity contribution in [2.24, 2.45) is 0 Å². The fourth-order valence-electron chi connectivity index (χ4n) is 2.63. The quantitative estimate of drug-likeness (QED) is 0.483. The Balaban J connectivity index is 1.80. The van der Waals surface area contributed by atoms with Gasteiger partial charge in [0, 0.05) is 23.7 Å². The third-order valence-electron chi connectivity index (χ3n) is 4.08. The summed E-state index contributed by atoms with van der Waals surface area (Å²) in [6.45, 7) is 2.25. The van der Waals surface area contributed by atoms with E-state index < -0.39 is 5.82 Å². The van der Waals surface area contributed by atoms with Gasteiger partial charge in [-0.3, -0.25) is 0 Å². The number of fused-ring (bicyclic) bond motifs is 1. The number of ether oxygens (including phenoxy) is 3. The van der Waals surface area contributed by atoms with Gasteiger partial charge in [-0.2, -0.15) is 0 Å². The van der Waals surface area contributed by atoms with E-state index in [0.29, 0.717) is 48.3 Å². The van der Waals surface area contributed by atoms with E-state index in [1.807, 2.05) is 7.05 Å². The van der Waals surface area contributed by atoms with Gasteiger partial charge >= 0.3 is 0 Å². The highest BCUT2D eigenvalue weighted by Crippen LogP contribution is 2.35. The van der Waals surface area contributed by atoms with E-state index in [9.17, 15) is 4.39 Å². The van der Waals surface area contributed by atoms with Crippen molar-refractivity contribution < 1.29 is 18.6 Å². The van der Waals surface area contributed by atoms with Crippen LogP contribution in [0.5, 0.6) is 11.5 Å². The molecule has 9 heteroatoms. The minimum Gasteiger partial charge on any atom is -0.493 e. The molecule has 0 fully saturated rings. The lowest BCUT2D eigenvalue weighted by Crippen LogP contribution is -2.16. The number of aromatic nitrogens is 2. The van der Waals surface area contributed by atoms with Crippen LogP contribution in [0.2, 0.25) is 5.02 Å². The molecule has 0 aliphatic rings. The maximum atomic E-state index is 13.4.